The Morgan fingerprint density at radius 3 is 1.56 bits per heavy atom. The number of benzene rings is 8. The molecule has 0 aliphatic carbocycles. The van der Waals surface area contributed by atoms with E-state index in [0.29, 0.717) is 33.6 Å². The SMILES string of the molecule is Cc1cc(C)cc(-c2ccc3c4ccc(-c5cc(C)cc(C(F)(F)F)c5)cc4n(-c4cccc5c4C(=O)N(c4ccc(-c6ccccc6)cc4-c4ccccc4)C5=O)c3c2)c1. The van der Waals surface area contributed by atoms with Crippen LogP contribution in [0, 0.1) is 20.8 Å². The summed E-state index contributed by atoms with van der Waals surface area (Å²) in [5.41, 5.74) is 11.5. The highest BCUT2D eigenvalue weighted by Gasteiger charge is 2.40. The van der Waals surface area contributed by atoms with Gasteiger partial charge in [-0.3, -0.25) is 9.59 Å². The highest BCUT2D eigenvalue weighted by atomic mass is 19.4. The van der Waals surface area contributed by atoms with Gasteiger partial charge in [-0.1, -0.05) is 132 Å². The standard InChI is InChI=1S/C54H37F3N2O2/c1-32-23-33(2)25-40(24-32)38-17-20-43-44-21-18-39(41-26-34(3)27-42(28-41)54(55,56)57)31-50(44)58(49(43)30-38)48-16-10-15-45-51(48)53(61)59(52(45)60)47-22-19-37(35-11-6-4-7-12-35)29-46(47)36-13-8-5-9-14-36/h4-31H,1-3H3. The number of amides is 2. The number of rotatable bonds is 6. The number of carbonyl (C=O) groups is 2. The van der Waals surface area contributed by atoms with Crippen LogP contribution in [0.15, 0.2) is 170 Å². The van der Waals surface area contributed by atoms with Crippen LogP contribution in [-0.2, 0) is 6.18 Å². The molecule has 0 unspecified atom stereocenters. The first kappa shape index (κ1) is 37.7. The second kappa shape index (κ2) is 14.3. The fourth-order valence-electron chi connectivity index (χ4n) is 8.95. The molecule has 1 aromatic heterocycles. The van der Waals surface area contributed by atoms with Gasteiger partial charge in [0.2, 0.25) is 0 Å². The Bertz CT molecular complexity index is 3240. The van der Waals surface area contributed by atoms with Gasteiger partial charge in [0, 0.05) is 16.3 Å². The van der Waals surface area contributed by atoms with Crippen LogP contribution in [0.1, 0.15) is 43.0 Å². The van der Waals surface area contributed by atoms with Gasteiger partial charge < -0.3 is 4.57 Å². The van der Waals surface area contributed by atoms with E-state index in [-0.39, 0.29) is 11.1 Å². The number of hydrogen-bond donors (Lipinski definition) is 0. The average Bonchev–Trinajstić information content (AvgIpc) is 3.72. The summed E-state index contributed by atoms with van der Waals surface area (Å²) in [5.74, 6) is -0.909. The number of nitrogens with zero attached hydrogens (tertiary/aromatic N) is 2. The largest absolute Gasteiger partial charge is 0.416 e. The summed E-state index contributed by atoms with van der Waals surface area (Å²) in [4.78, 5) is 31.1. The number of alkyl halides is 3. The molecule has 2 amide bonds. The quantitative estimate of drug-likeness (QED) is 0.157. The van der Waals surface area contributed by atoms with Crippen molar-refractivity contribution in [2.45, 2.75) is 26.9 Å². The normalized spacial score (nSPS) is 12.8. The number of aromatic nitrogens is 1. The van der Waals surface area contributed by atoms with Crippen LogP contribution in [0.2, 0.25) is 0 Å². The molecule has 296 valence electrons. The molecule has 0 N–H and O–H groups in total. The summed E-state index contributed by atoms with van der Waals surface area (Å²) in [6.07, 6.45) is -4.52. The predicted molar refractivity (Wildman–Crippen MR) is 239 cm³/mol. The first-order valence-electron chi connectivity index (χ1n) is 20.1. The fraction of sp³-hybridized carbons (Fsp3) is 0.0741. The van der Waals surface area contributed by atoms with Gasteiger partial charge in [-0.25, -0.2) is 4.90 Å². The number of fused-ring (bicyclic) bond motifs is 4. The van der Waals surface area contributed by atoms with Crippen molar-refractivity contribution in [2.24, 2.45) is 0 Å². The molecule has 0 saturated heterocycles. The molecule has 2 heterocycles. The van der Waals surface area contributed by atoms with Crippen LogP contribution in [0.3, 0.4) is 0 Å². The Morgan fingerprint density at radius 2 is 0.951 bits per heavy atom. The minimum atomic E-state index is -4.52. The van der Waals surface area contributed by atoms with E-state index < -0.39 is 23.6 Å². The predicted octanol–water partition coefficient (Wildman–Crippen LogP) is 14.2. The molecule has 0 atom stereocenters. The van der Waals surface area contributed by atoms with Crippen LogP contribution in [0.4, 0.5) is 18.9 Å². The molecule has 0 bridgehead atoms. The minimum absolute atomic E-state index is 0.245. The molecule has 61 heavy (non-hydrogen) atoms. The molecule has 0 fully saturated rings. The van der Waals surface area contributed by atoms with E-state index in [1.54, 1.807) is 25.1 Å². The second-order valence-corrected chi connectivity index (χ2v) is 15.9. The lowest BCUT2D eigenvalue weighted by atomic mass is 9.97. The van der Waals surface area contributed by atoms with Crippen molar-refractivity contribution in [3.05, 3.63) is 203 Å². The van der Waals surface area contributed by atoms with Gasteiger partial charge in [-0.15, -0.1) is 0 Å². The molecule has 0 spiro atoms. The maximum Gasteiger partial charge on any atom is 0.416 e. The third-order valence-electron chi connectivity index (χ3n) is 11.6. The summed E-state index contributed by atoms with van der Waals surface area (Å²) in [7, 11) is 0. The number of hydrogen-bond acceptors (Lipinski definition) is 2. The highest BCUT2D eigenvalue weighted by molar-refractivity contribution is 6.36. The first-order valence-corrected chi connectivity index (χ1v) is 20.1. The van der Waals surface area contributed by atoms with Crippen LogP contribution in [0.25, 0.3) is 72.0 Å². The van der Waals surface area contributed by atoms with E-state index in [2.05, 4.69) is 50.2 Å². The maximum atomic E-state index is 15.1. The second-order valence-electron chi connectivity index (χ2n) is 15.9. The van der Waals surface area contributed by atoms with Crippen LogP contribution < -0.4 is 4.90 Å². The first-order chi connectivity index (χ1) is 29.4. The zero-order valence-electron chi connectivity index (χ0n) is 33.5. The maximum absolute atomic E-state index is 15.1. The van der Waals surface area contributed by atoms with Gasteiger partial charge in [0.05, 0.1) is 39.1 Å². The van der Waals surface area contributed by atoms with Gasteiger partial charge in [0.1, 0.15) is 0 Å². The molecule has 8 aromatic carbocycles. The molecule has 10 rings (SSSR count). The topological polar surface area (TPSA) is 42.3 Å². The summed E-state index contributed by atoms with van der Waals surface area (Å²) in [6.45, 7) is 5.77. The lowest BCUT2D eigenvalue weighted by Gasteiger charge is -2.20. The van der Waals surface area contributed by atoms with E-state index in [1.807, 2.05) is 108 Å². The number of carbonyl (C=O) groups excluding carboxylic acids is 2. The van der Waals surface area contributed by atoms with E-state index >= 15 is 4.79 Å². The molecule has 0 radical (unpaired) electrons. The summed E-state index contributed by atoms with van der Waals surface area (Å²) < 4.78 is 44.2. The van der Waals surface area contributed by atoms with Gasteiger partial charge in [-0.2, -0.15) is 13.2 Å². The van der Waals surface area contributed by atoms with Crippen LogP contribution in [-0.4, -0.2) is 16.4 Å². The third kappa shape index (κ3) is 6.50. The summed E-state index contributed by atoms with van der Waals surface area (Å²) in [6, 6.07) is 53.1. The zero-order valence-corrected chi connectivity index (χ0v) is 33.5. The Morgan fingerprint density at radius 1 is 0.410 bits per heavy atom. The lowest BCUT2D eigenvalue weighted by molar-refractivity contribution is -0.137. The van der Waals surface area contributed by atoms with Crippen molar-refractivity contribution in [1.29, 1.82) is 0 Å². The smallest absolute Gasteiger partial charge is 0.308 e. The number of aryl methyl sites for hydroxylation is 3. The van der Waals surface area contributed by atoms with Crippen molar-refractivity contribution in [3.63, 3.8) is 0 Å². The third-order valence-corrected chi connectivity index (χ3v) is 11.6. The number of halogens is 3. The molecule has 0 saturated carbocycles. The van der Waals surface area contributed by atoms with E-state index in [0.717, 1.165) is 66.9 Å². The van der Waals surface area contributed by atoms with Crippen molar-refractivity contribution < 1.29 is 22.8 Å². The zero-order chi connectivity index (χ0) is 42.2. The minimum Gasteiger partial charge on any atom is -0.308 e. The van der Waals surface area contributed by atoms with Crippen molar-refractivity contribution in [2.75, 3.05) is 4.90 Å². The van der Waals surface area contributed by atoms with Crippen LogP contribution in [0.5, 0.6) is 0 Å². The average molecular weight is 803 g/mol. The van der Waals surface area contributed by atoms with E-state index in [9.17, 15) is 18.0 Å². The number of imide groups is 1. The molecule has 7 heteroatoms. The van der Waals surface area contributed by atoms with Crippen LogP contribution >= 0.6 is 0 Å². The van der Waals surface area contributed by atoms with Crippen molar-refractivity contribution in [1.82, 2.24) is 4.57 Å². The van der Waals surface area contributed by atoms with E-state index in [4.69, 9.17) is 0 Å². The molecule has 1 aliphatic heterocycles. The highest BCUT2D eigenvalue weighted by Crippen LogP contribution is 2.43. The summed E-state index contributed by atoms with van der Waals surface area (Å²) >= 11 is 0. The Kier molecular flexibility index (Phi) is 8.88. The molecule has 1 aliphatic rings. The molecule has 9 aromatic rings. The molecular weight excluding hydrogens is 766 g/mol. The van der Waals surface area contributed by atoms with Gasteiger partial charge >= 0.3 is 6.18 Å². The molecule has 4 nitrogen and oxygen atoms in total. The summed E-state index contributed by atoms with van der Waals surface area (Å²) in [5, 5.41) is 1.74. The Hall–Kier alpha value is -7.51. The van der Waals surface area contributed by atoms with Crippen molar-refractivity contribution in [3.8, 4) is 50.2 Å². The Labute approximate surface area is 350 Å². The number of anilines is 1. The van der Waals surface area contributed by atoms with Gasteiger partial charge in [0.25, 0.3) is 11.8 Å². The monoisotopic (exact) mass is 802 g/mol. The lowest BCUT2D eigenvalue weighted by Crippen LogP contribution is -2.30. The van der Waals surface area contributed by atoms with Gasteiger partial charge in [-0.05, 0) is 114 Å². The fourth-order valence-corrected chi connectivity index (χ4v) is 8.95. The molecular formula is C54H37F3N2O2. The Balaban J connectivity index is 1.20. The van der Waals surface area contributed by atoms with Crippen molar-refractivity contribution >= 4 is 39.3 Å². The van der Waals surface area contributed by atoms with E-state index in [1.165, 1.54) is 11.0 Å². The van der Waals surface area contributed by atoms with Gasteiger partial charge in [0.15, 0.2) is 0 Å².